The molecule has 0 aromatic heterocycles. The molecule has 1 fully saturated rings. The van der Waals surface area contributed by atoms with Gasteiger partial charge >= 0.3 is 5.97 Å². The van der Waals surface area contributed by atoms with Gasteiger partial charge < -0.3 is 4.74 Å². The highest BCUT2D eigenvalue weighted by atomic mass is 16.6. The first kappa shape index (κ1) is 16.5. The predicted molar refractivity (Wildman–Crippen MR) is 80.1 cm³/mol. The van der Waals surface area contributed by atoms with E-state index in [1.54, 1.807) is 0 Å². The van der Waals surface area contributed by atoms with E-state index >= 15 is 0 Å². The van der Waals surface area contributed by atoms with E-state index < -0.39 is 0 Å². The third kappa shape index (κ3) is 4.22. The fourth-order valence-corrected chi connectivity index (χ4v) is 3.32. The van der Waals surface area contributed by atoms with Crippen LogP contribution < -0.4 is 0 Å². The molecule has 1 unspecified atom stereocenters. The smallest absolute Gasteiger partial charge is 0.312 e. The summed E-state index contributed by atoms with van der Waals surface area (Å²) in [6, 6.07) is 0. The number of esters is 1. The highest BCUT2D eigenvalue weighted by molar-refractivity contribution is 5.76. The minimum Gasteiger partial charge on any atom is -0.459 e. The first-order valence-electron chi connectivity index (χ1n) is 8.11. The van der Waals surface area contributed by atoms with E-state index in [4.69, 9.17) is 4.74 Å². The molecule has 0 saturated heterocycles. The summed E-state index contributed by atoms with van der Waals surface area (Å²) in [6.45, 7) is 10.7. The lowest BCUT2D eigenvalue weighted by atomic mass is 9.78. The Bertz CT molecular complexity index is 290. The molecule has 1 atom stereocenters. The highest BCUT2D eigenvalue weighted by Crippen LogP contribution is 2.39. The van der Waals surface area contributed by atoms with Gasteiger partial charge in [0.1, 0.15) is 5.60 Å². The van der Waals surface area contributed by atoms with Crippen LogP contribution in [-0.4, -0.2) is 11.6 Å². The van der Waals surface area contributed by atoms with Gasteiger partial charge in [-0.05, 0) is 57.8 Å². The molecule has 1 aliphatic carbocycles. The first-order chi connectivity index (χ1) is 8.87. The number of hydrogen-bond donors (Lipinski definition) is 0. The molecule has 1 saturated carbocycles. The molecule has 0 heterocycles. The molecule has 0 N–H and O–H groups in total. The van der Waals surface area contributed by atoms with E-state index in [0.717, 1.165) is 32.1 Å². The van der Waals surface area contributed by atoms with Crippen molar-refractivity contribution in [3.05, 3.63) is 0 Å². The molecule has 0 aromatic carbocycles. The fraction of sp³-hybridized carbons (Fsp3) is 0.941. The van der Waals surface area contributed by atoms with Gasteiger partial charge in [-0.25, -0.2) is 0 Å². The zero-order valence-corrected chi connectivity index (χ0v) is 13.6. The minimum atomic E-state index is -0.312. The Labute approximate surface area is 119 Å². The number of carbonyl (C=O) groups is 1. The van der Waals surface area contributed by atoms with Gasteiger partial charge in [-0.1, -0.05) is 34.1 Å². The summed E-state index contributed by atoms with van der Waals surface area (Å²) >= 11 is 0. The SMILES string of the molecule is CCC1(OC(=O)C(C)(CC)CC(C)C)CCCCC1. The van der Waals surface area contributed by atoms with Gasteiger partial charge in [0, 0.05) is 0 Å². The Morgan fingerprint density at radius 2 is 1.79 bits per heavy atom. The van der Waals surface area contributed by atoms with Gasteiger partial charge in [-0.2, -0.15) is 0 Å². The molecule has 19 heavy (non-hydrogen) atoms. The van der Waals surface area contributed by atoms with Crippen molar-refractivity contribution in [2.45, 2.75) is 91.6 Å². The lowest BCUT2D eigenvalue weighted by molar-refractivity contribution is -0.177. The lowest BCUT2D eigenvalue weighted by Gasteiger charge is -2.39. The van der Waals surface area contributed by atoms with Crippen LogP contribution >= 0.6 is 0 Å². The van der Waals surface area contributed by atoms with Gasteiger partial charge in [-0.15, -0.1) is 0 Å². The number of rotatable bonds is 6. The topological polar surface area (TPSA) is 26.3 Å². The molecule has 1 rings (SSSR count). The van der Waals surface area contributed by atoms with Crippen LogP contribution in [0.25, 0.3) is 0 Å². The molecule has 0 amide bonds. The van der Waals surface area contributed by atoms with E-state index in [1.165, 1.54) is 19.3 Å². The van der Waals surface area contributed by atoms with E-state index in [1.807, 2.05) is 0 Å². The first-order valence-corrected chi connectivity index (χ1v) is 8.11. The Kier molecular flexibility index (Phi) is 5.88. The van der Waals surface area contributed by atoms with Crippen molar-refractivity contribution in [1.82, 2.24) is 0 Å². The molecule has 0 bridgehead atoms. The second-order valence-corrected chi connectivity index (χ2v) is 7.00. The second kappa shape index (κ2) is 6.76. The van der Waals surface area contributed by atoms with Crippen molar-refractivity contribution in [3.8, 4) is 0 Å². The second-order valence-electron chi connectivity index (χ2n) is 7.00. The van der Waals surface area contributed by atoms with Crippen molar-refractivity contribution < 1.29 is 9.53 Å². The van der Waals surface area contributed by atoms with Gasteiger partial charge in [0.2, 0.25) is 0 Å². The maximum atomic E-state index is 12.6. The predicted octanol–water partition coefficient (Wildman–Crippen LogP) is 5.10. The van der Waals surface area contributed by atoms with Crippen LogP contribution in [0, 0.1) is 11.3 Å². The summed E-state index contributed by atoms with van der Waals surface area (Å²) in [4.78, 5) is 12.6. The van der Waals surface area contributed by atoms with Crippen molar-refractivity contribution in [1.29, 1.82) is 0 Å². The average Bonchev–Trinajstić information content (AvgIpc) is 2.38. The van der Waals surface area contributed by atoms with E-state index in [2.05, 4.69) is 34.6 Å². The van der Waals surface area contributed by atoms with Gasteiger partial charge in [0.05, 0.1) is 5.41 Å². The average molecular weight is 268 g/mol. The van der Waals surface area contributed by atoms with Crippen LogP contribution in [0.5, 0.6) is 0 Å². The quantitative estimate of drug-likeness (QED) is 0.626. The van der Waals surface area contributed by atoms with Crippen LogP contribution in [-0.2, 0) is 9.53 Å². The zero-order valence-electron chi connectivity index (χ0n) is 13.6. The van der Waals surface area contributed by atoms with Gasteiger partial charge in [0.15, 0.2) is 0 Å². The summed E-state index contributed by atoms with van der Waals surface area (Å²) in [7, 11) is 0. The Morgan fingerprint density at radius 1 is 1.21 bits per heavy atom. The molecule has 112 valence electrons. The number of carbonyl (C=O) groups excluding carboxylic acids is 1. The molecular formula is C17H32O2. The fourth-order valence-electron chi connectivity index (χ4n) is 3.32. The largest absolute Gasteiger partial charge is 0.459 e. The van der Waals surface area contributed by atoms with E-state index in [-0.39, 0.29) is 17.0 Å². The standard InChI is InChI=1S/C17H32O2/c1-6-16(5,13-14(3)4)15(18)19-17(7-2)11-9-8-10-12-17/h14H,6-13H2,1-5H3. The van der Waals surface area contributed by atoms with E-state index in [9.17, 15) is 4.79 Å². The van der Waals surface area contributed by atoms with Crippen LogP contribution in [0.3, 0.4) is 0 Å². The van der Waals surface area contributed by atoms with Crippen LogP contribution in [0.1, 0.15) is 86.0 Å². The number of ether oxygens (including phenoxy) is 1. The maximum Gasteiger partial charge on any atom is 0.312 e. The molecule has 1 aliphatic rings. The summed E-state index contributed by atoms with van der Waals surface area (Å²) in [5, 5.41) is 0. The Balaban J connectivity index is 2.74. The van der Waals surface area contributed by atoms with Crippen LogP contribution in [0.4, 0.5) is 0 Å². The summed E-state index contributed by atoms with van der Waals surface area (Å²) in [5.74, 6) is 0.564. The molecule has 0 radical (unpaired) electrons. The van der Waals surface area contributed by atoms with Crippen molar-refractivity contribution >= 4 is 5.97 Å². The molecule has 2 heteroatoms. The normalized spacial score (nSPS) is 22.0. The van der Waals surface area contributed by atoms with Gasteiger partial charge in [0.25, 0.3) is 0 Å². The van der Waals surface area contributed by atoms with Crippen LogP contribution in [0.2, 0.25) is 0 Å². The Morgan fingerprint density at radius 3 is 2.21 bits per heavy atom. The molecule has 0 aliphatic heterocycles. The van der Waals surface area contributed by atoms with Crippen molar-refractivity contribution in [2.24, 2.45) is 11.3 Å². The third-order valence-corrected chi connectivity index (χ3v) is 4.85. The van der Waals surface area contributed by atoms with Crippen LogP contribution in [0.15, 0.2) is 0 Å². The third-order valence-electron chi connectivity index (χ3n) is 4.85. The number of hydrogen-bond acceptors (Lipinski definition) is 2. The molecule has 2 nitrogen and oxygen atoms in total. The van der Waals surface area contributed by atoms with Crippen molar-refractivity contribution in [3.63, 3.8) is 0 Å². The summed E-state index contributed by atoms with van der Waals surface area (Å²) in [6.07, 6.45) is 8.54. The lowest BCUT2D eigenvalue weighted by Crippen LogP contribution is -2.42. The summed E-state index contributed by atoms with van der Waals surface area (Å²) < 4.78 is 6.05. The molecular weight excluding hydrogens is 236 g/mol. The van der Waals surface area contributed by atoms with E-state index in [0.29, 0.717) is 5.92 Å². The zero-order chi connectivity index (χ0) is 14.5. The molecule has 0 aromatic rings. The van der Waals surface area contributed by atoms with Crippen molar-refractivity contribution in [2.75, 3.05) is 0 Å². The maximum absolute atomic E-state index is 12.6. The minimum absolute atomic E-state index is 0.0347. The Hall–Kier alpha value is -0.530. The van der Waals surface area contributed by atoms with Gasteiger partial charge in [-0.3, -0.25) is 4.79 Å². The highest BCUT2D eigenvalue weighted by Gasteiger charge is 2.40. The molecule has 0 spiro atoms. The summed E-state index contributed by atoms with van der Waals surface area (Å²) in [5.41, 5.74) is -0.476. The monoisotopic (exact) mass is 268 g/mol.